The highest BCUT2D eigenvalue weighted by atomic mass is 16.5. The Labute approximate surface area is 135 Å². The number of hydrogen-bond donors (Lipinski definition) is 1. The van der Waals surface area contributed by atoms with Gasteiger partial charge in [-0.2, -0.15) is 0 Å². The zero-order chi connectivity index (χ0) is 15.1. The third-order valence-corrected chi connectivity index (χ3v) is 5.16. The van der Waals surface area contributed by atoms with Crippen molar-refractivity contribution in [2.24, 2.45) is 0 Å². The SMILES string of the molecule is c1ccc(C2(OCCCN3CCCCC3)CCNCC2)cc1. The molecule has 0 amide bonds. The van der Waals surface area contributed by atoms with Gasteiger partial charge in [0.1, 0.15) is 0 Å². The Morgan fingerprint density at radius 1 is 1.00 bits per heavy atom. The van der Waals surface area contributed by atoms with Crippen LogP contribution in [0.1, 0.15) is 44.1 Å². The van der Waals surface area contributed by atoms with Crippen LogP contribution in [0, 0.1) is 0 Å². The number of likely N-dealkylation sites (tertiary alicyclic amines) is 1. The molecule has 1 aromatic rings. The Hall–Kier alpha value is -0.900. The van der Waals surface area contributed by atoms with Crippen LogP contribution in [0.4, 0.5) is 0 Å². The van der Waals surface area contributed by atoms with E-state index < -0.39 is 0 Å². The summed E-state index contributed by atoms with van der Waals surface area (Å²) in [5, 5.41) is 3.46. The van der Waals surface area contributed by atoms with Crippen LogP contribution in [0.15, 0.2) is 30.3 Å². The molecule has 2 saturated heterocycles. The number of piperidine rings is 2. The highest BCUT2D eigenvalue weighted by molar-refractivity contribution is 5.23. The fourth-order valence-corrected chi connectivity index (χ4v) is 3.83. The van der Waals surface area contributed by atoms with Crippen molar-refractivity contribution in [3.63, 3.8) is 0 Å². The van der Waals surface area contributed by atoms with E-state index in [2.05, 4.69) is 40.5 Å². The molecule has 0 bridgehead atoms. The molecule has 1 N–H and O–H groups in total. The van der Waals surface area contributed by atoms with Crippen molar-refractivity contribution in [2.45, 2.75) is 44.1 Å². The second kappa shape index (κ2) is 8.09. The molecule has 3 heteroatoms. The van der Waals surface area contributed by atoms with E-state index in [0.29, 0.717) is 0 Å². The first kappa shape index (κ1) is 16.0. The second-order valence-corrected chi connectivity index (χ2v) is 6.71. The summed E-state index contributed by atoms with van der Waals surface area (Å²) in [5.74, 6) is 0. The average Bonchev–Trinajstić information content (AvgIpc) is 2.61. The monoisotopic (exact) mass is 302 g/mol. The highest BCUT2D eigenvalue weighted by Crippen LogP contribution is 2.34. The summed E-state index contributed by atoms with van der Waals surface area (Å²) in [5.41, 5.74) is 1.29. The van der Waals surface area contributed by atoms with Gasteiger partial charge in [0.25, 0.3) is 0 Å². The van der Waals surface area contributed by atoms with Crippen molar-refractivity contribution in [3.8, 4) is 0 Å². The van der Waals surface area contributed by atoms with E-state index in [4.69, 9.17) is 4.74 Å². The minimum Gasteiger partial charge on any atom is -0.370 e. The maximum atomic E-state index is 6.48. The Kier molecular flexibility index (Phi) is 5.88. The van der Waals surface area contributed by atoms with Crippen molar-refractivity contribution in [1.29, 1.82) is 0 Å². The number of ether oxygens (including phenoxy) is 1. The molecule has 0 spiro atoms. The van der Waals surface area contributed by atoms with Crippen molar-refractivity contribution in [3.05, 3.63) is 35.9 Å². The summed E-state index contributed by atoms with van der Waals surface area (Å²) in [6, 6.07) is 10.8. The van der Waals surface area contributed by atoms with Crippen molar-refractivity contribution in [1.82, 2.24) is 10.2 Å². The molecule has 22 heavy (non-hydrogen) atoms. The minimum absolute atomic E-state index is 0.0611. The zero-order valence-electron chi connectivity index (χ0n) is 13.7. The summed E-state index contributed by atoms with van der Waals surface area (Å²) in [6.07, 6.45) is 7.49. The van der Waals surface area contributed by atoms with E-state index in [1.807, 2.05) is 0 Å². The fourth-order valence-electron chi connectivity index (χ4n) is 3.83. The maximum absolute atomic E-state index is 6.48. The van der Waals surface area contributed by atoms with Gasteiger partial charge >= 0.3 is 0 Å². The molecule has 0 aliphatic carbocycles. The van der Waals surface area contributed by atoms with Gasteiger partial charge in [0.2, 0.25) is 0 Å². The molecular weight excluding hydrogens is 272 g/mol. The number of hydrogen-bond acceptors (Lipinski definition) is 3. The molecule has 2 aliphatic rings. The van der Waals surface area contributed by atoms with E-state index in [-0.39, 0.29) is 5.60 Å². The number of nitrogens with zero attached hydrogens (tertiary/aromatic N) is 1. The molecular formula is C19H30N2O. The summed E-state index contributed by atoms with van der Waals surface area (Å²) in [7, 11) is 0. The molecule has 3 nitrogen and oxygen atoms in total. The van der Waals surface area contributed by atoms with Gasteiger partial charge in [0, 0.05) is 13.2 Å². The molecule has 3 rings (SSSR count). The van der Waals surface area contributed by atoms with Crippen LogP contribution in [-0.2, 0) is 10.3 Å². The van der Waals surface area contributed by atoms with Gasteiger partial charge < -0.3 is 15.0 Å². The van der Waals surface area contributed by atoms with Gasteiger partial charge in [0.15, 0.2) is 0 Å². The first-order chi connectivity index (χ1) is 10.9. The lowest BCUT2D eigenvalue weighted by Gasteiger charge is -2.38. The lowest BCUT2D eigenvalue weighted by atomic mass is 9.85. The van der Waals surface area contributed by atoms with Crippen LogP contribution in [0.2, 0.25) is 0 Å². The lowest BCUT2D eigenvalue weighted by molar-refractivity contribution is -0.0739. The molecule has 0 saturated carbocycles. The summed E-state index contributed by atoms with van der Waals surface area (Å²) in [4.78, 5) is 2.60. The predicted molar refractivity (Wildman–Crippen MR) is 91.1 cm³/mol. The molecule has 0 unspecified atom stereocenters. The van der Waals surface area contributed by atoms with Crippen LogP contribution >= 0.6 is 0 Å². The molecule has 122 valence electrons. The van der Waals surface area contributed by atoms with Gasteiger partial charge in [-0.15, -0.1) is 0 Å². The topological polar surface area (TPSA) is 24.5 Å². The lowest BCUT2D eigenvalue weighted by Crippen LogP contribution is -2.42. The standard InChI is InChI=1S/C19H30N2O/c1-3-8-18(9-4-1)19(10-12-20-13-11-19)22-17-7-16-21-14-5-2-6-15-21/h1,3-4,8-9,20H,2,5-7,10-17H2. The van der Waals surface area contributed by atoms with Gasteiger partial charge in [-0.05, 0) is 63.8 Å². The summed E-state index contributed by atoms with van der Waals surface area (Å²) < 4.78 is 6.48. The third-order valence-electron chi connectivity index (χ3n) is 5.16. The van der Waals surface area contributed by atoms with Crippen molar-refractivity contribution in [2.75, 3.05) is 39.3 Å². The van der Waals surface area contributed by atoms with Crippen LogP contribution in [-0.4, -0.2) is 44.2 Å². The van der Waals surface area contributed by atoms with Crippen LogP contribution in [0.25, 0.3) is 0 Å². The van der Waals surface area contributed by atoms with Crippen molar-refractivity contribution >= 4 is 0 Å². The number of nitrogens with one attached hydrogen (secondary N) is 1. The molecule has 2 heterocycles. The summed E-state index contributed by atoms with van der Waals surface area (Å²) >= 11 is 0. The van der Waals surface area contributed by atoms with E-state index in [0.717, 1.165) is 39.0 Å². The summed E-state index contributed by atoms with van der Waals surface area (Å²) in [6.45, 7) is 6.76. The highest BCUT2D eigenvalue weighted by Gasteiger charge is 2.34. The first-order valence-electron chi connectivity index (χ1n) is 9.02. The second-order valence-electron chi connectivity index (χ2n) is 6.71. The smallest absolute Gasteiger partial charge is 0.0955 e. The van der Waals surface area contributed by atoms with E-state index in [9.17, 15) is 0 Å². The van der Waals surface area contributed by atoms with E-state index in [1.165, 1.54) is 44.5 Å². The van der Waals surface area contributed by atoms with Gasteiger partial charge in [-0.25, -0.2) is 0 Å². The Morgan fingerprint density at radius 2 is 1.73 bits per heavy atom. The normalized spacial score (nSPS) is 22.5. The van der Waals surface area contributed by atoms with E-state index in [1.54, 1.807) is 0 Å². The van der Waals surface area contributed by atoms with Crippen molar-refractivity contribution < 1.29 is 4.74 Å². The van der Waals surface area contributed by atoms with Gasteiger partial charge in [-0.1, -0.05) is 36.8 Å². The predicted octanol–water partition coefficient (Wildman–Crippen LogP) is 3.16. The van der Waals surface area contributed by atoms with Gasteiger partial charge in [0.05, 0.1) is 5.60 Å². The molecule has 2 fully saturated rings. The Balaban J connectivity index is 1.52. The molecule has 0 aromatic heterocycles. The molecule has 1 aromatic carbocycles. The Morgan fingerprint density at radius 3 is 2.45 bits per heavy atom. The number of rotatable bonds is 6. The molecule has 0 atom stereocenters. The molecule has 0 radical (unpaired) electrons. The van der Waals surface area contributed by atoms with Crippen LogP contribution < -0.4 is 5.32 Å². The average molecular weight is 302 g/mol. The molecule has 2 aliphatic heterocycles. The zero-order valence-corrected chi connectivity index (χ0v) is 13.7. The van der Waals surface area contributed by atoms with E-state index >= 15 is 0 Å². The largest absolute Gasteiger partial charge is 0.370 e. The minimum atomic E-state index is -0.0611. The van der Waals surface area contributed by atoms with Gasteiger partial charge in [-0.3, -0.25) is 0 Å². The number of benzene rings is 1. The fraction of sp³-hybridized carbons (Fsp3) is 0.684. The first-order valence-corrected chi connectivity index (χ1v) is 9.02. The Bertz CT molecular complexity index is 422. The van der Waals surface area contributed by atoms with Crippen LogP contribution in [0.3, 0.4) is 0 Å². The van der Waals surface area contributed by atoms with Crippen LogP contribution in [0.5, 0.6) is 0 Å². The third kappa shape index (κ3) is 4.09. The quantitative estimate of drug-likeness (QED) is 0.817. The maximum Gasteiger partial charge on any atom is 0.0955 e.